The molecule has 3 heterocycles. The number of ketones is 1. The Morgan fingerprint density at radius 2 is 1.79 bits per heavy atom. The van der Waals surface area contributed by atoms with Crippen molar-refractivity contribution in [3.8, 4) is 0 Å². The number of hydrogen-bond acceptors (Lipinski definition) is 5. The van der Waals surface area contributed by atoms with Crippen molar-refractivity contribution in [2.45, 2.75) is 70.6 Å². The summed E-state index contributed by atoms with van der Waals surface area (Å²) in [5.74, 6) is 0.0316. The highest BCUT2D eigenvalue weighted by Crippen LogP contribution is 2.30. The van der Waals surface area contributed by atoms with Gasteiger partial charge in [-0.3, -0.25) is 14.4 Å². The minimum absolute atomic E-state index is 0.0408. The van der Waals surface area contributed by atoms with E-state index in [1.807, 2.05) is 26.0 Å². The van der Waals surface area contributed by atoms with E-state index in [1.165, 1.54) is 5.56 Å². The molecule has 0 aliphatic carbocycles. The molecule has 1 N–H and O–H groups in total. The standard InChI is InChI=1S/C26H37N3O4/c1-4-17(3)23(26(32)29-15-12-22-24(29)21(30)16-33-22)27-25(31)20-8-6-18(7-9-20)19-10-13-28(5-2)14-11-19/h6-9,17,19,22-24H,4-5,10-16H2,1-3H3,(H,27,31)/t17?,22-,23+,24-/m1/s1. The maximum Gasteiger partial charge on any atom is 0.251 e. The largest absolute Gasteiger partial charge is 0.368 e. The number of carbonyl (C=O) groups is 3. The molecular formula is C26H37N3O4. The molecule has 3 saturated heterocycles. The number of piperidine rings is 1. The van der Waals surface area contributed by atoms with Crippen molar-refractivity contribution >= 4 is 17.6 Å². The first-order chi connectivity index (χ1) is 15.9. The molecule has 0 bridgehead atoms. The molecule has 180 valence electrons. The van der Waals surface area contributed by atoms with E-state index in [0.29, 0.717) is 24.4 Å². The van der Waals surface area contributed by atoms with Crippen LogP contribution in [-0.4, -0.2) is 78.4 Å². The minimum atomic E-state index is -0.660. The first-order valence-electron chi connectivity index (χ1n) is 12.5. The van der Waals surface area contributed by atoms with Crippen LogP contribution in [0, 0.1) is 5.92 Å². The number of benzene rings is 1. The molecule has 33 heavy (non-hydrogen) atoms. The summed E-state index contributed by atoms with van der Waals surface area (Å²) in [6, 6.07) is 6.69. The van der Waals surface area contributed by atoms with Gasteiger partial charge in [-0.15, -0.1) is 0 Å². The predicted molar refractivity (Wildman–Crippen MR) is 126 cm³/mol. The molecule has 1 aromatic rings. The van der Waals surface area contributed by atoms with Gasteiger partial charge in [0.25, 0.3) is 5.91 Å². The van der Waals surface area contributed by atoms with Crippen LogP contribution in [0.4, 0.5) is 0 Å². The van der Waals surface area contributed by atoms with Gasteiger partial charge < -0.3 is 19.9 Å². The van der Waals surface area contributed by atoms with Gasteiger partial charge in [-0.1, -0.05) is 39.3 Å². The van der Waals surface area contributed by atoms with Crippen molar-refractivity contribution in [3.63, 3.8) is 0 Å². The highest BCUT2D eigenvalue weighted by atomic mass is 16.5. The minimum Gasteiger partial charge on any atom is -0.368 e. The fourth-order valence-corrected chi connectivity index (χ4v) is 5.42. The number of amides is 2. The van der Waals surface area contributed by atoms with Gasteiger partial charge >= 0.3 is 0 Å². The van der Waals surface area contributed by atoms with Gasteiger partial charge in [-0.05, 0) is 68.4 Å². The van der Waals surface area contributed by atoms with Crippen molar-refractivity contribution in [3.05, 3.63) is 35.4 Å². The van der Waals surface area contributed by atoms with Crippen molar-refractivity contribution in [2.24, 2.45) is 5.92 Å². The fraction of sp³-hybridized carbons (Fsp3) is 0.654. The van der Waals surface area contributed by atoms with Crippen LogP contribution in [0.5, 0.6) is 0 Å². The first-order valence-corrected chi connectivity index (χ1v) is 12.5. The van der Waals surface area contributed by atoms with Gasteiger partial charge in [0.05, 0.1) is 6.10 Å². The van der Waals surface area contributed by atoms with Crippen LogP contribution < -0.4 is 5.32 Å². The highest BCUT2D eigenvalue weighted by molar-refractivity contribution is 5.99. The number of hydrogen-bond donors (Lipinski definition) is 1. The molecule has 3 fully saturated rings. The van der Waals surface area contributed by atoms with Crippen molar-refractivity contribution < 1.29 is 19.1 Å². The maximum atomic E-state index is 13.4. The van der Waals surface area contributed by atoms with E-state index in [0.717, 1.165) is 38.9 Å². The van der Waals surface area contributed by atoms with Gasteiger partial charge in [0.1, 0.15) is 18.7 Å². The molecule has 3 aliphatic rings. The topological polar surface area (TPSA) is 79.0 Å². The third-order valence-corrected chi connectivity index (χ3v) is 7.84. The normalized spacial score (nSPS) is 25.7. The quantitative estimate of drug-likeness (QED) is 0.684. The molecule has 1 aromatic carbocycles. The number of fused-ring (bicyclic) bond motifs is 1. The smallest absolute Gasteiger partial charge is 0.251 e. The van der Waals surface area contributed by atoms with Crippen LogP contribution in [0.2, 0.25) is 0 Å². The molecule has 3 aliphatic heterocycles. The summed E-state index contributed by atoms with van der Waals surface area (Å²) < 4.78 is 5.53. The van der Waals surface area contributed by atoms with Crippen LogP contribution in [0.3, 0.4) is 0 Å². The summed E-state index contributed by atoms with van der Waals surface area (Å²) in [6.07, 6.45) is 3.50. The lowest BCUT2D eigenvalue weighted by Gasteiger charge is -2.31. The second kappa shape index (κ2) is 10.3. The monoisotopic (exact) mass is 455 g/mol. The average Bonchev–Trinajstić information content (AvgIpc) is 3.44. The Balaban J connectivity index is 1.42. The average molecular weight is 456 g/mol. The first kappa shape index (κ1) is 23.9. The van der Waals surface area contributed by atoms with E-state index in [9.17, 15) is 14.4 Å². The van der Waals surface area contributed by atoms with E-state index in [-0.39, 0.29) is 36.2 Å². The van der Waals surface area contributed by atoms with Crippen LogP contribution >= 0.6 is 0 Å². The molecule has 4 rings (SSSR count). The number of carbonyl (C=O) groups excluding carboxylic acids is 3. The molecule has 0 radical (unpaired) electrons. The van der Waals surface area contributed by atoms with Crippen LogP contribution in [0.15, 0.2) is 24.3 Å². The molecule has 1 unspecified atom stereocenters. The molecule has 0 spiro atoms. The van der Waals surface area contributed by atoms with E-state index in [1.54, 1.807) is 4.90 Å². The Kier molecular flexibility index (Phi) is 7.49. The van der Waals surface area contributed by atoms with Gasteiger partial charge in [0.2, 0.25) is 5.91 Å². The zero-order valence-corrected chi connectivity index (χ0v) is 20.1. The number of nitrogens with one attached hydrogen (secondary N) is 1. The maximum absolute atomic E-state index is 13.4. The number of Topliss-reactive ketones (excluding diaryl/α,β-unsaturated/α-hetero) is 1. The van der Waals surface area contributed by atoms with E-state index in [2.05, 4.69) is 29.3 Å². The molecule has 0 aromatic heterocycles. The zero-order chi connectivity index (χ0) is 23.5. The summed E-state index contributed by atoms with van der Waals surface area (Å²) in [4.78, 5) is 42.9. The number of nitrogens with zero attached hydrogens (tertiary/aromatic N) is 2. The summed E-state index contributed by atoms with van der Waals surface area (Å²) in [5, 5.41) is 2.98. The summed E-state index contributed by atoms with van der Waals surface area (Å²) in [5.41, 5.74) is 1.84. The van der Waals surface area contributed by atoms with Crippen molar-refractivity contribution in [2.75, 3.05) is 32.8 Å². The second-order valence-electron chi connectivity index (χ2n) is 9.75. The number of rotatable bonds is 7. The summed E-state index contributed by atoms with van der Waals surface area (Å²) in [6.45, 7) is 10.1. The summed E-state index contributed by atoms with van der Waals surface area (Å²) in [7, 11) is 0. The lowest BCUT2D eigenvalue weighted by Crippen LogP contribution is -2.54. The predicted octanol–water partition coefficient (Wildman–Crippen LogP) is 2.60. The van der Waals surface area contributed by atoms with Gasteiger partial charge in [-0.2, -0.15) is 0 Å². The van der Waals surface area contributed by atoms with E-state index in [4.69, 9.17) is 4.74 Å². The van der Waals surface area contributed by atoms with Gasteiger partial charge in [0, 0.05) is 12.1 Å². The second-order valence-corrected chi connectivity index (χ2v) is 9.75. The molecule has 7 heteroatoms. The number of ether oxygens (including phenoxy) is 1. The van der Waals surface area contributed by atoms with Gasteiger partial charge in [-0.25, -0.2) is 0 Å². The van der Waals surface area contributed by atoms with E-state index < -0.39 is 12.1 Å². The van der Waals surface area contributed by atoms with Crippen molar-refractivity contribution in [1.29, 1.82) is 0 Å². The SMILES string of the molecule is CCC(C)[C@H](NC(=O)c1ccc(C2CCN(CC)CC2)cc1)C(=O)N1CC[C@H]2OCC(=O)[C@H]21. The summed E-state index contributed by atoms with van der Waals surface area (Å²) >= 11 is 0. The molecule has 0 saturated carbocycles. The lowest BCUT2D eigenvalue weighted by molar-refractivity contribution is -0.139. The molecular weight excluding hydrogens is 418 g/mol. The Hall–Kier alpha value is -2.25. The Labute approximate surface area is 196 Å². The Morgan fingerprint density at radius 1 is 1.09 bits per heavy atom. The highest BCUT2D eigenvalue weighted by Gasteiger charge is 2.48. The van der Waals surface area contributed by atoms with Crippen LogP contribution in [0.1, 0.15) is 68.3 Å². The van der Waals surface area contributed by atoms with Crippen LogP contribution in [-0.2, 0) is 14.3 Å². The van der Waals surface area contributed by atoms with Gasteiger partial charge in [0.15, 0.2) is 5.78 Å². The molecule has 4 atom stereocenters. The van der Waals surface area contributed by atoms with Crippen LogP contribution in [0.25, 0.3) is 0 Å². The molecule has 7 nitrogen and oxygen atoms in total. The third kappa shape index (κ3) is 4.99. The third-order valence-electron chi connectivity index (χ3n) is 7.84. The van der Waals surface area contributed by atoms with Crippen molar-refractivity contribution in [1.82, 2.24) is 15.1 Å². The fourth-order valence-electron chi connectivity index (χ4n) is 5.42. The Morgan fingerprint density at radius 3 is 2.42 bits per heavy atom. The lowest BCUT2D eigenvalue weighted by atomic mass is 9.89. The number of likely N-dealkylation sites (tertiary alicyclic amines) is 2. The Bertz CT molecular complexity index is 863. The molecule has 2 amide bonds. The zero-order valence-electron chi connectivity index (χ0n) is 20.1. The van der Waals surface area contributed by atoms with E-state index >= 15 is 0 Å².